The average molecular weight is 399 g/mol. The van der Waals surface area contributed by atoms with Gasteiger partial charge >= 0.3 is 4.87 Å². The van der Waals surface area contributed by atoms with Gasteiger partial charge in [-0.15, -0.1) is 0 Å². The first kappa shape index (κ1) is 18.6. The molecule has 4 aliphatic carbocycles. The van der Waals surface area contributed by atoms with Crippen molar-refractivity contribution in [3.8, 4) is 0 Å². The van der Waals surface area contributed by atoms with Crippen LogP contribution in [0, 0.1) is 17.8 Å². The molecule has 0 amide bonds. The molecule has 4 aliphatic rings. The van der Waals surface area contributed by atoms with E-state index in [9.17, 15) is 9.59 Å². The molecular formula is C23H30N2O2S. The maximum absolute atomic E-state index is 12.6. The van der Waals surface area contributed by atoms with Crippen LogP contribution in [0.15, 0.2) is 23.0 Å². The minimum Gasteiger partial charge on any atom is -0.299 e. The first-order valence-electron chi connectivity index (χ1n) is 10.9. The Balaban J connectivity index is 1.35. The highest BCUT2D eigenvalue weighted by Crippen LogP contribution is 2.57. The Kier molecular flexibility index (Phi) is 4.51. The molecule has 0 radical (unpaired) electrons. The molecule has 1 heterocycles. The van der Waals surface area contributed by atoms with Crippen molar-refractivity contribution in [2.75, 3.05) is 13.6 Å². The van der Waals surface area contributed by atoms with E-state index in [-0.39, 0.29) is 10.7 Å². The molecule has 4 saturated carbocycles. The molecule has 0 atom stereocenters. The molecule has 1 aromatic heterocycles. The lowest BCUT2D eigenvalue weighted by Gasteiger charge is -2.60. The van der Waals surface area contributed by atoms with Crippen LogP contribution in [0.3, 0.4) is 0 Å². The summed E-state index contributed by atoms with van der Waals surface area (Å²) in [5, 5.41) is 0. The fourth-order valence-electron chi connectivity index (χ4n) is 6.68. The van der Waals surface area contributed by atoms with E-state index in [0.29, 0.717) is 17.5 Å². The normalized spacial score (nSPS) is 31.2. The number of carbonyl (C=O) groups is 1. The summed E-state index contributed by atoms with van der Waals surface area (Å²) in [4.78, 5) is 27.3. The fraction of sp³-hybridized carbons (Fsp3) is 0.652. The third kappa shape index (κ3) is 2.98. The fourth-order valence-corrected chi connectivity index (χ4v) is 7.63. The van der Waals surface area contributed by atoms with Crippen LogP contribution in [-0.2, 0) is 6.54 Å². The lowest BCUT2D eigenvalue weighted by molar-refractivity contribution is -0.0797. The molecule has 0 N–H and O–H groups in total. The molecule has 0 saturated heterocycles. The highest BCUT2D eigenvalue weighted by molar-refractivity contribution is 7.16. The second-order valence-corrected chi connectivity index (χ2v) is 10.5. The van der Waals surface area contributed by atoms with Crippen LogP contribution in [0.4, 0.5) is 0 Å². The van der Waals surface area contributed by atoms with Gasteiger partial charge in [0, 0.05) is 30.6 Å². The van der Waals surface area contributed by atoms with Crippen LogP contribution in [0.2, 0.25) is 0 Å². The van der Waals surface area contributed by atoms with Gasteiger partial charge in [0.15, 0.2) is 5.78 Å². The Hall–Kier alpha value is -1.46. The van der Waals surface area contributed by atoms with Crippen LogP contribution in [0.1, 0.15) is 62.2 Å². The van der Waals surface area contributed by atoms with E-state index < -0.39 is 0 Å². The van der Waals surface area contributed by atoms with Crippen molar-refractivity contribution in [2.24, 2.45) is 17.8 Å². The van der Waals surface area contributed by atoms with E-state index in [0.717, 1.165) is 41.1 Å². The first-order chi connectivity index (χ1) is 13.5. The van der Waals surface area contributed by atoms with Crippen molar-refractivity contribution < 1.29 is 4.79 Å². The summed E-state index contributed by atoms with van der Waals surface area (Å²) in [5.41, 5.74) is 2.07. The predicted octanol–water partition coefficient (Wildman–Crippen LogP) is 4.56. The van der Waals surface area contributed by atoms with Crippen molar-refractivity contribution in [1.29, 1.82) is 0 Å². The Labute approximate surface area is 170 Å². The monoisotopic (exact) mass is 398 g/mol. The molecular weight excluding hydrogens is 368 g/mol. The number of rotatable bonds is 6. The molecule has 4 bridgehead atoms. The lowest BCUT2D eigenvalue weighted by atomic mass is 9.52. The quantitative estimate of drug-likeness (QED) is 0.670. The number of fused-ring (bicyclic) bond motifs is 1. The zero-order valence-corrected chi connectivity index (χ0v) is 17.8. The lowest BCUT2D eigenvalue weighted by Crippen LogP contribution is -2.59. The number of hydrogen-bond donors (Lipinski definition) is 0. The first-order valence-corrected chi connectivity index (χ1v) is 11.7. The number of nitrogens with zero attached hydrogens (tertiary/aromatic N) is 2. The second-order valence-electron chi connectivity index (χ2n) is 9.54. The van der Waals surface area contributed by atoms with Gasteiger partial charge in [-0.2, -0.15) is 0 Å². The molecule has 4 fully saturated rings. The average Bonchev–Trinajstić information content (AvgIpc) is 2.98. The molecule has 0 aliphatic heterocycles. The smallest absolute Gasteiger partial charge is 0.299 e. The number of thiazole rings is 1. The summed E-state index contributed by atoms with van der Waals surface area (Å²) in [7, 11) is 2.28. The summed E-state index contributed by atoms with van der Waals surface area (Å²) >= 11 is 1.27. The van der Waals surface area contributed by atoms with E-state index in [4.69, 9.17) is 0 Å². The zero-order valence-electron chi connectivity index (χ0n) is 16.9. The third-order valence-electron chi connectivity index (χ3n) is 7.79. The zero-order chi connectivity index (χ0) is 19.5. The Morgan fingerprint density at radius 3 is 2.43 bits per heavy atom. The highest BCUT2D eigenvalue weighted by Gasteiger charge is 2.52. The van der Waals surface area contributed by atoms with Gasteiger partial charge in [-0.3, -0.25) is 19.1 Å². The van der Waals surface area contributed by atoms with Crippen molar-refractivity contribution in [2.45, 2.75) is 64.0 Å². The van der Waals surface area contributed by atoms with Crippen LogP contribution in [-0.4, -0.2) is 34.4 Å². The van der Waals surface area contributed by atoms with Crippen LogP contribution >= 0.6 is 11.3 Å². The summed E-state index contributed by atoms with van der Waals surface area (Å²) < 4.78 is 2.85. The van der Waals surface area contributed by atoms with Crippen molar-refractivity contribution in [3.63, 3.8) is 0 Å². The second kappa shape index (κ2) is 6.81. The Morgan fingerprint density at radius 1 is 1.18 bits per heavy atom. The Bertz CT molecular complexity index is 937. The largest absolute Gasteiger partial charge is 0.308 e. The van der Waals surface area contributed by atoms with Gasteiger partial charge in [0.2, 0.25) is 0 Å². The number of likely N-dealkylation sites (N-methyl/N-ethyl adjacent to an activating group) is 1. The van der Waals surface area contributed by atoms with E-state index in [1.807, 2.05) is 29.7 Å². The maximum atomic E-state index is 12.6. The van der Waals surface area contributed by atoms with Crippen molar-refractivity contribution in [3.05, 3.63) is 33.4 Å². The number of Topliss-reactive ketones (excluding diaryl/α,β-unsaturated/α-hetero) is 1. The van der Waals surface area contributed by atoms with Gasteiger partial charge < -0.3 is 0 Å². The van der Waals surface area contributed by atoms with Crippen LogP contribution in [0.25, 0.3) is 10.2 Å². The minimum absolute atomic E-state index is 0.0926. The van der Waals surface area contributed by atoms with E-state index >= 15 is 0 Å². The molecule has 2 aromatic rings. The number of carbonyl (C=O) groups excluding carboxylic acids is 1. The molecule has 0 unspecified atom stereocenters. The number of ketones is 1. The van der Waals surface area contributed by atoms with Gasteiger partial charge in [-0.1, -0.05) is 18.3 Å². The van der Waals surface area contributed by atoms with Crippen LogP contribution in [0.5, 0.6) is 0 Å². The molecule has 1 aromatic carbocycles. The topological polar surface area (TPSA) is 42.3 Å². The summed E-state index contributed by atoms with van der Waals surface area (Å²) in [6.45, 7) is 3.53. The number of benzene rings is 1. The molecule has 150 valence electrons. The summed E-state index contributed by atoms with van der Waals surface area (Å²) in [5.74, 6) is 2.95. The molecule has 6 rings (SSSR count). The Morgan fingerprint density at radius 2 is 1.82 bits per heavy atom. The van der Waals surface area contributed by atoms with Gasteiger partial charge in [0.25, 0.3) is 0 Å². The SMILES string of the molecule is CCC(=O)c1ccc2c(c1)sc(=O)n2CCN(C)C12CC3CC(CC(C3)C1)C2. The van der Waals surface area contributed by atoms with E-state index in [1.165, 1.54) is 49.9 Å². The minimum atomic E-state index is 0.0926. The van der Waals surface area contributed by atoms with E-state index in [2.05, 4.69) is 11.9 Å². The van der Waals surface area contributed by atoms with E-state index in [1.54, 1.807) is 0 Å². The predicted molar refractivity (Wildman–Crippen MR) is 114 cm³/mol. The van der Waals surface area contributed by atoms with Crippen LogP contribution < -0.4 is 4.87 Å². The number of aromatic nitrogens is 1. The highest BCUT2D eigenvalue weighted by atomic mass is 32.1. The van der Waals surface area contributed by atoms with Crippen molar-refractivity contribution >= 4 is 27.3 Å². The summed E-state index contributed by atoms with van der Waals surface area (Å²) in [6, 6.07) is 5.73. The van der Waals surface area contributed by atoms with Gasteiger partial charge in [0.05, 0.1) is 10.2 Å². The number of hydrogen-bond acceptors (Lipinski definition) is 4. The molecule has 28 heavy (non-hydrogen) atoms. The standard InChI is InChI=1S/C23H30N2O2S/c1-3-20(26)18-4-5-19-21(11-18)28-22(27)25(19)7-6-24(2)23-12-15-8-16(13-23)10-17(9-15)14-23/h4-5,11,15-17H,3,6-10,12-14H2,1-2H3. The van der Waals surface area contributed by atoms with Crippen molar-refractivity contribution in [1.82, 2.24) is 9.47 Å². The maximum Gasteiger partial charge on any atom is 0.308 e. The molecule has 4 nitrogen and oxygen atoms in total. The molecule has 0 spiro atoms. The van der Waals surface area contributed by atoms with Gasteiger partial charge in [-0.05, 0) is 81.5 Å². The van der Waals surface area contributed by atoms with Gasteiger partial charge in [0.1, 0.15) is 0 Å². The third-order valence-corrected chi connectivity index (χ3v) is 8.73. The summed E-state index contributed by atoms with van der Waals surface area (Å²) in [6.07, 6.45) is 8.95. The van der Waals surface area contributed by atoms with Gasteiger partial charge in [-0.25, -0.2) is 0 Å². The molecule has 5 heteroatoms.